The second kappa shape index (κ2) is 24.2. The van der Waals surface area contributed by atoms with Crippen molar-refractivity contribution in [1.29, 1.82) is 0 Å². The summed E-state index contributed by atoms with van der Waals surface area (Å²) >= 11 is 0. The molecule has 0 amide bonds. The maximum Gasteiger partial charge on any atom is 0.0215 e. The molecule has 0 aromatic heterocycles. The monoisotopic (exact) mass is 883 g/mol. The number of benzene rings is 7. The van der Waals surface area contributed by atoms with Crippen LogP contribution in [0.3, 0.4) is 0 Å². The SMILES string of the molecule is C/C=C\C(C)=C(/C)c1ccccc1CCC.CC.CCC(C)c1ccccc1-c1ccccc1C.Cc1ccc(-c2ccc3c(c2)C2(CCCCC2)c2cc(-c4ccc(C)cc4)ccc2-3)cc1. The minimum Gasteiger partial charge on any atom is -0.0874 e. The normalized spacial score (nSPS) is 14.0. The molecule has 1 fully saturated rings. The van der Waals surface area contributed by atoms with Crippen molar-refractivity contribution in [2.45, 2.75) is 139 Å². The first-order valence-electron chi connectivity index (χ1n) is 25.5. The fourth-order valence-corrected chi connectivity index (χ4v) is 10.3. The van der Waals surface area contributed by atoms with E-state index in [-0.39, 0.29) is 5.41 Å². The number of allylic oxidation sites excluding steroid dienone is 4. The first-order valence-corrected chi connectivity index (χ1v) is 25.5. The minimum absolute atomic E-state index is 0.171. The van der Waals surface area contributed by atoms with Crippen molar-refractivity contribution < 1.29 is 0 Å². The summed E-state index contributed by atoms with van der Waals surface area (Å²) in [4.78, 5) is 0. The molecule has 1 spiro atoms. The molecule has 346 valence electrons. The molecule has 0 radical (unpaired) electrons. The maximum atomic E-state index is 2.51. The number of rotatable bonds is 9. The fraction of sp³-hybridized carbons (Fsp3) is 0.313. The molecule has 2 aliphatic carbocycles. The number of fused-ring (bicyclic) bond motifs is 5. The van der Waals surface area contributed by atoms with Crippen LogP contribution in [-0.2, 0) is 11.8 Å². The van der Waals surface area contributed by atoms with Gasteiger partial charge in [-0.25, -0.2) is 0 Å². The first-order chi connectivity index (χ1) is 32.6. The molecule has 0 N–H and O–H groups in total. The van der Waals surface area contributed by atoms with E-state index in [0.717, 1.165) is 6.42 Å². The van der Waals surface area contributed by atoms with E-state index in [0.29, 0.717) is 5.92 Å². The number of hydrogen-bond donors (Lipinski definition) is 0. The van der Waals surface area contributed by atoms with Gasteiger partial charge in [-0.2, -0.15) is 0 Å². The van der Waals surface area contributed by atoms with Crippen LogP contribution in [0.5, 0.6) is 0 Å². The van der Waals surface area contributed by atoms with Crippen molar-refractivity contribution >= 4 is 5.57 Å². The second-order valence-corrected chi connectivity index (χ2v) is 18.8. The third-order valence-corrected chi connectivity index (χ3v) is 14.3. The van der Waals surface area contributed by atoms with Gasteiger partial charge in [0.05, 0.1) is 0 Å². The van der Waals surface area contributed by atoms with Crippen LogP contribution in [0.1, 0.15) is 151 Å². The Kier molecular flexibility index (Phi) is 18.2. The van der Waals surface area contributed by atoms with Crippen LogP contribution >= 0.6 is 0 Å². The topological polar surface area (TPSA) is 0 Å². The zero-order chi connectivity index (χ0) is 47.9. The predicted molar refractivity (Wildman–Crippen MR) is 296 cm³/mol. The van der Waals surface area contributed by atoms with Crippen LogP contribution in [0.15, 0.2) is 175 Å². The summed E-state index contributed by atoms with van der Waals surface area (Å²) in [5.74, 6) is 0.616. The Morgan fingerprint density at radius 3 is 1.57 bits per heavy atom. The summed E-state index contributed by atoms with van der Waals surface area (Å²) in [7, 11) is 0. The lowest BCUT2D eigenvalue weighted by atomic mass is 9.67. The maximum absolute atomic E-state index is 2.51. The van der Waals surface area contributed by atoms with Gasteiger partial charge >= 0.3 is 0 Å². The molecule has 9 rings (SSSR count). The Hall–Kier alpha value is -5.98. The Morgan fingerprint density at radius 2 is 1.04 bits per heavy atom. The lowest BCUT2D eigenvalue weighted by Gasteiger charge is -2.36. The van der Waals surface area contributed by atoms with Crippen molar-refractivity contribution in [1.82, 2.24) is 0 Å². The van der Waals surface area contributed by atoms with Gasteiger partial charge < -0.3 is 0 Å². The highest BCUT2D eigenvalue weighted by molar-refractivity contribution is 5.86. The molecule has 0 saturated heterocycles. The smallest absolute Gasteiger partial charge is 0.0215 e. The third-order valence-electron chi connectivity index (χ3n) is 14.3. The molecule has 1 saturated carbocycles. The van der Waals surface area contributed by atoms with Crippen molar-refractivity contribution in [3.8, 4) is 44.5 Å². The van der Waals surface area contributed by atoms with Crippen LogP contribution in [0, 0.1) is 20.8 Å². The standard InChI is InChI=1S/C32H30.C17H20.C16H22.C2H6/c1-22-6-10-24(11-7-22)26-14-16-28-29-17-15-27(25-12-8-23(2)9-13-25)21-31(29)32(30(28)20-26)18-4-3-5-19-32;1-4-13(2)15-10-7-8-12-17(15)16-11-6-5-9-14(16)3;1-5-9-13(3)14(4)16-12-8-7-11-15(16)10-6-2;1-2/h6-17,20-21H,3-5,18-19H2,1-2H3;5-13H,4H2,1-3H3;5,7-9,11-12H,6,10H2,1-4H3;1-2H3/b;;9-5-,14-13+;. The Balaban J connectivity index is 0.000000180. The van der Waals surface area contributed by atoms with Gasteiger partial charge in [0.1, 0.15) is 0 Å². The average molecular weight is 883 g/mol. The van der Waals surface area contributed by atoms with Gasteiger partial charge in [-0.05, 0) is 174 Å². The molecule has 0 heterocycles. The third kappa shape index (κ3) is 11.8. The summed E-state index contributed by atoms with van der Waals surface area (Å²) in [6.45, 7) is 23.7. The van der Waals surface area contributed by atoms with Gasteiger partial charge in [-0.3, -0.25) is 0 Å². The van der Waals surface area contributed by atoms with Gasteiger partial charge in [0.2, 0.25) is 0 Å². The summed E-state index contributed by atoms with van der Waals surface area (Å²) in [5, 5.41) is 0. The van der Waals surface area contributed by atoms with E-state index in [4.69, 9.17) is 0 Å². The largest absolute Gasteiger partial charge is 0.0874 e. The van der Waals surface area contributed by atoms with Crippen LogP contribution in [-0.4, -0.2) is 0 Å². The molecule has 0 bridgehead atoms. The van der Waals surface area contributed by atoms with Crippen molar-refractivity contribution in [3.63, 3.8) is 0 Å². The van der Waals surface area contributed by atoms with Gasteiger partial charge in [-0.15, -0.1) is 0 Å². The van der Waals surface area contributed by atoms with Gasteiger partial charge in [0, 0.05) is 5.41 Å². The summed E-state index contributed by atoms with van der Waals surface area (Å²) in [6, 6.07) is 58.5. The molecule has 1 unspecified atom stereocenters. The molecule has 0 nitrogen and oxygen atoms in total. The second-order valence-electron chi connectivity index (χ2n) is 18.8. The highest BCUT2D eigenvalue weighted by atomic mass is 14.5. The number of hydrogen-bond acceptors (Lipinski definition) is 0. The molecular weight excluding hydrogens is 805 g/mol. The van der Waals surface area contributed by atoms with Gasteiger partial charge in [0.15, 0.2) is 0 Å². The Labute approximate surface area is 407 Å². The van der Waals surface area contributed by atoms with E-state index < -0.39 is 0 Å². The lowest BCUT2D eigenvalue weighted by molar-refractivity contribution is 0.353. The summed E-state index contributed by atoms with van der Waals surface area (Å²) in [5.41, 5.74) is 25.3. The molecule has 0 heteroatoms. The predicted octanol–water partition coefficient (Wildman–Crippen LogP) is 20.1. The van der Waals surface area contributed by atoms with Gasteiger partial charge in [0.25, 0.3) is 0 Å². The van der Waals surface area contributed by atoms with Gasteiger partial charge in [-0.1, -0.05) is 229 Å². The molecular formula is C67H78. The van der Waals surface area contributed by atoms with E-state index in [2.05, 4.69) is 232 Å². The minimum atomic E-state index is 0.171. The van der Waals surface area contributed by atoms with E-state index in [9.17, 15) is 0 Å². The van der Waals surface area contributed by atoms with Crippen LogP contribution in [0.2, 0.25) is 0 Å². The molecule has 7 aromatic rings. The molecule has 2 aliphatic rings. The zero-order valence-electron chi connectivity index (χ0n) is 42.9. The molecule has 67 heavy (non-hydrogen) atoms. The molecule has 0 aliphatic heterocycles. The van der Waals surface area contributed by atoms with Crippen molar-refractivity contribution in [3.05, 3.63) is 220 Å². The molecule has 1 atom stereocenters. The fourth-order valence-electron chi connectivity index (χ4n) is 10.3. The van der Waals surface area contributed by atoms with E-state index in [1.54, 1.807) is 11.1 Å². The molecule has 7 aromatic carbocycles. The Morgan fingerprint density at radius 1 is 0.552 bits per heavy atom. The van der Waals surface area contributed by atoms with Crippen molar-refractivity contribution in [2.24, 2.45) is 0 Å². The number of aryl methyl sites for hydroxylation is 4. The first kappa shape index (κ1) is 50.4. The average Bonchev–Trinajstić information content (AvgIpc) is 3.62. The van der Waals surface area contributed by atoms with Crippen LogP contribution in [0.25, 0.3) is 50.1 Å². The quantitative estimate of drug-likeness (QED) is 0.127. The highest BCUT2D eigenvalue weighted by Crippen LogP contribution is 2.57. The Bertz CT molecular complexity index is 2630. The van der Waals surface area contributed by atoms with E-state index in [1.807, 2.05) is 13.8 Å². The lowest BCUT2D eigenvalue weighted by Crippen LogP contribution is -2.28. The van der Waals surface area contributed by atoms with E-state index >= 15 is 0 Å². The van der Waals surface area contributed by atoms with E-state index in [1.165, 1.54) is 134 Å². The highest BCUT2D eigenvalue weighted by Gasteiger charge is 2.44. The van der Waals surface area contributed by atoms with Crippen LogP contribution in [0.4, 0.5) is 0 Å². The van der Waals surface area contributed by atoms with Crippen LogP contribution < -0.4 is 0 Å². The summed E-state index contributed by atoms with van der Waals surface area (Å²) in [6.07, 6.45) is 14.4. The zero-order valence-corrected chi connectivity index (χ0v) is 42.9. The summed E-state index contributed by atoms with van der Waals surface area (Å²) < 4.78 is 0. The van der Waals surface area contributed by atoms with Crippen molar-refractivity contribution in [2.75, 3.05) is 0 Å².